The number of nitrogens with zero attached hydrogens (tertiary/aromatic N) is 1. The molecule has 2 amide bonds. The number of benzene rings is 2. The number of amides is 2. The largest absolute Gasteiger partial charge is 0.351 e. The van der Waals surface area contributed by atoms with Crippen LogP contribution in [0, 0.1) is 0 Å². The minimum Gasteiger partial charge on any atom is -0.351 e. The molecule has 0 aliphatic carbocycles. The Morgan fingerprint density at radius 1 is 1.00 bits per heavy atom. The lowest BCUT2D eigenvalue weighted by molar-refractivity contribution is 0.256. The van der Waals surface area contributed by atoms with E-state index in [0.717, 1.165) is 16.8 Å². The van der Waals surface area contributed by atoms with Crippen molar-refractivity contribution >= 4 is 52.5 Å². The highest BCUT2D eigenvalue weighted by atomic mass is 35.5. The first-order valence-corrected chi connectivity index (χ1v) is 6.21. The molecule has 0 fully saturated rings. The number of nitrogens with two attached hydrogens (primary N) is 1. The zero-order chi connectivity index (χ0) is 13.4. The van der Waals surface area contributed by atoms with Gasteiger partial charge in [-0.1, -0.05) is 48.0 Å². The van der Waals surface area contributed by atoms with Crippen LogP contribution in [0.3, 0.4) is 0 Å². The van der Waals surface area contributed by atoms with Crippen LogP contribution in [0.5, 0.6) is 0 Å². The number of hydrogen-bond donors (Lipinski definition) is 1. The van der Waals surface area contributed by atoms with E-state index >= 15 is 0 Å². The van der Waals surface area contributed by atoms with Crippen LogP contribution in [-0.4, -0.2) is 6.03 Å². The van der Waals surface area contributed by atoms with E-state index in [2.05, 4.69) is 0 Å². The van der Waals surface area contributed by atoms with Crippen molar-refractivity contribution in [2.45, 2.75) is 0 Å². The average molecular weight is 307 g/mol. The van der Waals surface area contributed by atoms with Crippen LogP contribution >= 0.6 is 24.0 Å². The molecule has 1 heterocycles. The molecular formula is C15H12Cl2N2O. The van der Waals surface area contributed by atoms with Gasteiger partial charge in [0.15, 0.2) is 0 Å². The number of primary amides is 1. The molecule has 1 aliphatic rings. The quantitative estimate of drug-likeness (QED) is 0.771. The Labute approximate surface area is 128 Å². The topological polar surface area (TPSA) is 46.3 Å². The molecule has 102 valence electrons. The summed E-state index contributed by atoms with van der Waals surface area (Å²) in [5, 5.41) is 0.590. The van der Waals surface area contributed by atoms with Crippen LogP contribution in [0.2, 0.25) is 0 Å². The van der Waals surface area contributed by atoms with Crippen molar-refractivity contribution in [3.05, 3.63) is 59.7 Å². The number of urea groups is 1. The van der Waals surface area contributed by atoms with Gasteiger partial charge >= 0.3 is 6.03 Å². The van der Waals surface area contributed by atoms with Gasteiger partial charge in [0, 0.05) is 11.1 Å². The van der Waals surface area contributed by atoms with E-state index < -0.39 is 6.03 Å². The minimum atomic E-state index is -0.528. The molecule has 2 aromatic carbocycles. The number of fused-ring (bicyclic) bond motifs is 2. The predicted molar refractivity (Wildman–Crippen MR) is 85.6 cm³/mol. The molecule has 1 aliphatic heterocycles. The zero-order valence-electron chi connectivity index (χ0n) is 10.4. The molecule has 0 aromatic heterocycles. The van der Waals surface area contributed by atoms with Gasteiger partial charge in [0.2, 0.25) is 0 Å². The zero-order valence-corrected chi connectivity index (χ0v) is 12.0. The number of hydrogen-bond acceptors (Lipinski definition) is 1. The van der Waals surface area contributed by atoms with E-state index in [0.29, 0.717) is 10.7 Å². The van der Waals surface area contributed by atoms with E-state index in [4.69, 9.17) is 17.3 Å². The van der Waals surface area contributed by atoms with E-state index in [1.807, 2.05) is 54.6 Å². The van der Waals surface area contributed by atoms with Gasteiger partial charge in [0.05, 0.1) is 16.4 Å². The molecule has 3 rings (SSSR count). The minimum absolute atomic E-state index is 0. The molecular weight excluding hydrogens is 295 g/mol. The Bertz CT molecular complexity index is 698. The van der Waals surface area contributed by atoms with Crippen molar-refractivity contribution in [1.29, 1.82) is 0 Å². The van der Waals surface area contributed by atoms with Crippen molar-refractivity contribution in [3.63, 3.8) is 0 Å². The average Bonchev–Trinajstić information content (AvgIpc) is 2.53. The van der Waals surface area contributed by atoms with Crippen LogP contribution in [0.25, 0.3) is 11.1 Å². The molecule has 3 nitrogen and oxygen atoms in total. The first-order valence-electron chi connectivity index (χ1n) is 5.83. The molecule has 2 N–H and O–H groups in total. The second kappa shape index (κ2) is 5.57. The van der Waals surface area contributed by atoms with Gasteiger partial charge in [-0.2, -0.15) is 0 Å². The third-order valence-electron chi connectivity index (χ3n) is 3.08. The summed E-state index contributed by atoms with van der Waals surface area (Å²) in [5.41, 5.74) is 8.62. The van der Waals surface area contributed by atoms with Gasteiger partial charge in [0.25, 0.3) is 0 Å². The van der Waals surface area contributed by atoms with Crippen LogP contribution in [0.1, 0.15) is 11.1 Å². The van der Waals surface area contributed by atoms with Crippen molar-refractivity contribution in [2.24, 2.45) is 5.73 Å². The van der Waals surface area contributed by atoms with E-state index in [-0.39, 0.29) is 12.4 Å². The lowest BCUT2D eigenvalue weighted by Crippen LogP contribution is -2.32. The van der Waals surface area contributed by atoms with Gasteiger partial charge in [-0.05, 0) is 18.2 Å². The van der Waals surface area contributed by atoms with Gasteiger partial charge in [-0.25, -0.2) is 4.79 Å². The Balaban J connectivity index is 0.00000147. The molecule has 20 heavy (non-hydrogen) atoms. The molecule has 5 heteroatoms. The lowest BCUT2D eigenvalue weighted by atomic mass is 10.1. The van der Waals surface area contributed by atoms with E-state index in [1.54, 1.807) is 0 Å². The summed E-state index contributed by atoms with van der Waals surface area (Å²) in [6, 6.07) is 14.4. The summed E-state index contributed by atoms with van der Waals surface area (Å²) in [6.07, 6.45) is 1.85. The van der Waals surface area contributed by atoms with Gasteiger partial charge < -0.3 is 5.73 Å². The number of rotatable bonds is 0. The van der Waals surface area contributed by atoms with Crippen LogP contribution in [0.4, 0.5) is 16.2 Å². The number of carbonyl (C=O) groups excluding carboxylic acids is 1. The molecule has 2 aromatic rings. The molecule has 0 bridgehead atoms. The fourth-order valence-corrected chi connectivity index (χ4v) is 2.54. The molecule has 0 unspecified atom stereocenters. The molecule has 0 saturated carbocycles. The summed E-state index contributed by atoms with van der Waals surface area (Å²) in [5.74, 6) is 0. The first-order chi connectivity index (χ1) is 9.18. The summed E-state index contributed by atoms with van der Waals surface area (Å²) < 4.78 is 0. The first kappa shape index (κ1) is 14.4. The predicted octanol–water partition coefficient (Wildman–Crippen LogP) is 4.38. The third kappa shape index (κ3) is 2.26. The monoisotopic (exact) mass is 306 g/mol. The number of carbonyl (C=O) groups is 1. The van der Waals surface area contributed by atoms with Crippen molar-refractivity contribution in [2.75, 3.05) is 4.90 Å². The molecule has 0 spiro atoms. The Morgan fingerprint density at radius 2 is 1.60 bits per heavy atom. The Morgan fingerprint density at radius 3 is 2.30 bits per heavy atom. The fourth-order valence-electron chi connectivity index (χ4n) is 2.27. The Hall–Kier alpha value is -1.97. The maximum Gasteiger partial charge on any atom is 0.323 e. The summed E-state index contributed by atoms with van der Waals surface area (Å²) in [7, 11) is 0. The summed E-state index contributed by atoms with van der Waals surface area (Å²) in [4.78, 5) is 13.3. The number of para-hydroxylation sites is 2. The highest BCUT2D eigenvalue weighted by molar-refractivity contribution is 6.52. The second-order valence-electron chi connectivity index (χ2n) is 4.24. The van der Waals surface area contributed by atoms with Crippen molar-refractivity contribution in [3.8, 4) is 0 Å². The summed E-state index contributed by atoms with van der Waals surface area (Å²) in [6.45, 7) is 0. The van der Waals surface area contributed by atoms with E-state index in [1.165, 1.54) is 4.90 Å². The van der Waals surface area contributed by atoms with Gasteiger partial charge in [0.1, 0.15) is 0 Å². The van der Waals surface area contributed by atoms with Gasteiger partial charge in [-0.15, -0.1) is 12.4 Å². The standard InChI is InChI=1S/C15H11ClN2O.ClH/c16-12-9-10-5-1-3-7-13(10)18(15(17)19)14-8-4-2-6-11(12)14;/h1-9H,(H2,17,19);1H. The van der Waals surface area contributed by atoms with Crippen molar-refractivity contribution < 1.29 is 4.79 Å². The highest BCUT2D eigenvalue weighted by Gasteiger charge is 2.23. The molecule has 0 radical (unpaired) electrons. The molecule has 0 atom stereocenters. The lowest BCUT2D eigenvalue weighted by Gasteiger charge is -2.22. The molecule has 0 saturated heterocycles. The highest BCUT2D eigenvalue weighted by Crippen LogP contribution is 2.40. The maximum atomic E-state index is 11.8. The van der Waals surface area contributed by atoms with Gasteiger partial charge in [-0.3, -0.25) is 4.90 Å². The Kier molecular flexibility index (Phi) is 4.02. The normalized spacial score (nSPS) is 12.4. The maximum absolute atomic E-state index is 11.8. The number of anilines is 2. The SMILES string of the molecule is Cl.NC(=O)N1c2ccccc2C=C(Cl)c2ccccc21. The van der Waals surface area contributed by atoms with E-state index in [9.17, 15) is 4.79 Å². The van der Waals surface area contributed by atoms with Crippen LogP contribution < -0.4 is 10.6 Å². The van der Waals surface area contributed by atoms with Crippen molar-refractivity contribution in [1.82, 2.24) is 0 Å². The third-order valence-corrected chi connectivity index (χ3v) is 3.40. The van der Waals surface area contributed by atoms with Crippen LogP contribution in [-0.2, 0) is 0 Å². The summed E-state index contributed by atoms with van der Waals surface area (Å²) >= 11 is 6.33. The smallest absolute Gasteiger partial charge is 0.323 e. The second-order valence-corrected chi connectivity index (χ2v) is 4.65. The van der Waals surface area contributed by atoms with Crippen LogP contribution in [0.15, 0.2) is 48.5 Å². The fraction of sp³-hybridized carbons (Fsp3) is 0. The number of halogens is 2.